The number of thiocarbonyl (C=S) groups is 1. The molecule has 0 radical (unpaired) electrons. The Bertz CT molecular complexity index is 589. The van der Waals surface area contributed by atoms with Crippen LogP contribution in [0.25, 0.3) is 0 Å². The lowest BCUT2D eigenvalue weighted by molar-refractivity contribution is 0.415. The van der Waals surface area contributed by atoms with Crippen LogP contribution in [-0.2, 0) is 0 Å². The lowest BCUT2D eigenvalue weighted by atomic mass is 10.3. The van der Waals surface area contributed by atoms with Crippen LogP contribution in [0.2, 0.25) is 5.02 Å². The lowest BCUT2D eigenvalue weighted by Crippen LogP contribution is -2.33. The summed E-state index contributed by atoms with van der Waals surface area (Å²) in [6, 6.07) is 14.8. The van der Waals surface area contributed by atoms with Gasteiger partial charge in [0, 0.05) is 16.8 Å². The molecule has 0 aromatic heterocycles. The Balaban J connectivity index is 1.87. The standard InChI is InChI=1S/C14H14ClN3OS/c1-19-13-4-2-3-12(9-13)16-14(20)18-17-11-7-5-10(15)6-8-11/h2-9,17H,1H3,(H2,16,18,20). The van der Waals surface area contributed by atoms with Crippen LogP contribution in [0.5, 0.6) is 5.75 Å². The summed E-state index contributed by atoms with van der Waals surface area (Å²) in [5.41, 5.74) is 7.58. The van der Waals surface area contributed by atoms with E-state index in [2.05, 4.69) is 16.2 Å². The summed E-state index contributed by atoms with van der Waals surface area (Å²) < 4.78 is 5.15. The Kier molecular flexibility index (Phi) is 5.03. The summed E-state index contributed by atoms with van der Waals surface area (Å²) in [6.07, 6.45) is 0. The quantitative estimate of drug-likeness (QED) is 0.594. The third-order valence-corrected chi connectivity index (χ3v) is 2.95. The molecular formula is C14H14ClN3OS. The second-order valence-corrected chi connectivity index (χ2v) is 4.79. The van der Waals surface area contributed by atoms with E-state index in [-0.39, 0.29) is 0 Å². The number of methoxy groups -OCH3 is 1. The molecule has 2 aromatic rings. The molecule has 0 spiro atoms. The molecule has 0 aliphatic carbocycles. The van der Waals surface area contributed by atoms with Crippen LogP contribution >= 0.6 is 23.8 Å². The highest BCUT2D eigenvalue weighted by Gasteiger charge is 1.99. The summed E-state index contributed by atoms with van der Waals surface area (Å²) in [5, 5.41) is 4.19. The fourth-order valence-corrected chi connectivity index (χ4v) is 1.82. The van der Waals surface area contributed by atoms with Gasteiger partial charge in [-0.3, -0.25) is 10.9 Å². The van der Waals surface area contributed by atoms with Crippen molar-refractivity contribution in [3.63, 3.8) is 0 Å². The van der Waals surface area contributed by atoms with Crippen LogP contribution in [0.1, 0.15) is 0 Å². The number of benzene rings is 2. The van der Waals surface area contributed by atoms with Crippen molar-refractivity contribution >= 4 is 40.3 Å². The van der Waals surface area contributed by atoms with Crippen molar-refractivity contribution in [1.29, 1.82) is 0 Å². The van der Waals surface area contributed by atoms with Crippen molar-refractivity contribution < 1.29 is 4.74 Å². The number of hydrogen-bond acceptors (Lipinski definition) is 3. The number of hydrogen-bond donors (Lipinski definition) is 3. The van der Waals surface area contributed by atoms with Crippen LogP contribution in [0.4, 0.5) is 11.4 Å². The van der Waals surface area contributed by atoms with E-state index < -0.39 is 0 Å². The molecular weight excluding hydrogens is 294 g/mol. The number of halogens is 1. The van der Waals surface area contributed by atoms with E-state index >= 15 is 0 Å². The van der Waals surface area contributed by atoms with Crippen molar-refractivity contribution in [2.45, 2.75) is 0 Å². The molecule has 20 heavy (non-hydrogen) atoms. The SMILES string of the molecule is COc1cccc(NC(=S)NNc2ccc(Cl)cc2)c1. The molecule has 4 nitrogen and oxygen atoms in total. The lowest BCUT2D eigenvalue weighted by Gasteiger charge is -2.13. The Labute approximate surface area is 128 Å². The van der Waals surface area contributed by atoms with E-state index in [1.165, 1.54) is 0 Å². The van der Waals surface area contributed by atoms with Crippen LogP contribution in [0, 0.1) is 0 Å². The normalized spacial score (nSPS) is 9.70. The fraction of sp³-hybridized carbons (Fsp3) is 0.0714. The molecule has 0 saturated heterocycles. The first-order valence-electron chi connectivity index (χ1n) is 5.90. The fourth-order valence-electron chi connectivity index (χ4n) is 1.53. The predicted octanol–water partition coefficient (Wildman–Crippen LogP) is 3.66. The Morgan fingerprint density at radius 2 is 1.85 bits per heavy atom. The molecule has 0 unspecified atom stereocenters. The van der Waals surface area contributed by atoms with Crippen LogP contribution in [0.15, 0.2) is 48.5 Å². The van der Waals surface area contributed by atoms with Gasteiger partial charge < -0.3 is 10.1 Å². The molecule has 0 heterocycles. The topological polar surface area (TPSA) is 45.3 Å². The minimum Gasteiger partial charge on any atom is -0.497 e. The van der Waals surface area contributed by atoms with Gasteiger partial charge in [-0.1, -0.05) is 17.7 Å². The van der Waals surface area contributed by atoms with Gasteiger partial charge in [0.1, 0.15) is 5.75 Å². The first-order chi connectivity index (χ1) is 9.67. The highest BCUT2D eigenvalue weighted by Crippen LogP contribution is 2.16. The number of hydrazine groups is 1. The largest absolute Gasteiger partial charge is 0.497 e. The zero-order chi connectivity index (χ0) is 14.4. The Hall–Kier alpha value is -1.98. The molecule has 0 amide bonds. The average molecular weight is 308 g/mol. The van der Waals surface area contributed by atoms with E-state index in [9.17, 15) is 0 Å². The monoisotopic (exact) mass is 307 g/mol. The first kappa shape index (κ1) is 14.4. The Morgan fingerprint density at radius 3 is 2.55 bits per heavy atom. The van der Waals surface area contributed by atoms with Crippen LogP contribution in [-0.4, -0.2) is 12.2 Å². The number of nitrogens with one attached hydrogen (secondary N) is 3. The van der Waals surface area contributed by atoms with Gasteiger partial charge in [0.05, 0.1) is 12.8 Å². The van der Waals surface area contributed by atoms with Gasteiger partial charge >= 0.3 is 0 Å². The first-order valence-corrected chi connectivity index (χ1v) is 6.68. The van der Waals surface area contributed by atoms with Gasteiger partial charge in [0.25, 0.3) is 0 Å². The maximum absolute atomic E-state index is 5.81. The minimum atomic E-state index is 0.452. The molecule has 0 fully saturated rings. The molecule has 0 aliphatic rings. The third kappa shape index (κ3) is 4.29. The maximum Gasteiger partial charge on any atom is 0.189 e. The van der Waals surface area contributed by atoms with Crippen molar-refractivity contribution in [3.8, 4) is 5.75 Å². The average Bonchev–Trinajstić information content (AvgIpc) is 2.47. The third-order valence-electron chi connectivity index (χ3n) is 2.49. The van der Waals surface area contributed by atoms with Gasteiger partial charge in [0.2, 0.25) is 0 Å². The Morgan fingerprint density at radius 1 is 1.10 bits per heavy atom. The zero-order valence-electron chi connectivity index (χ0n) is 10.8. The molecule has 6 heteroatoms. The van der Waals surface area contributed by atoms with E-state index in [0.717, 1.165) is 17.1 Å². The minimum absolute atomic E-state index is 0.452. The van der Waals surface area contributed by atoms with Crippen LogP contribution in [0.3, 0.4) is 0 Å². The van der Waals surface area contributed by atoms with E-state index in [1.807, 2.05) is 36.4 Å². The van der Waals surface area contributed by atoms with E-state index in [1.54, 1.807) is 19.2 Å². The second kappa shape index (κ2) is 6.98. The molecule has 3 N–H and O–H groups in total. The molecule has 104 valence electrons. The highest BCUT2D eigenvalue weighted by molar-refractivity contribution is 7.80. The van der Waals surface area contributed by atoms with Gasteiger partial charge in [-0.2, -0.15) is 0 Å². The predicted molar refractivity (Wildman–Crippen MR) is 87.4 cm³/mol. The number of ether oxygens (including phenoxy) is 1. The highest BCUT2D eigenvalue weighted by atomic mass is 35.5. The van der Waals surface area contributed by atoms with Crippen molar-refractivity contribution in [3.05, 3.63) is 53.6 Å². The van der Waals surface area contributed by atoms with E-state index in [0.29, 0.717) is 10.1 Å². The van der Waals surface area contributed by atoms with Crippen molar-refractivity contribution in [2.24, 2.45) is 0 Å². The molecule has 0 saturated carbocycles. The second-order valence-electron chi connectivity index (χ2n) is 3.94. The number of anilines is 2. The van der Waals surface area contributed by atoms with E-state index in [4.69, 9.17) is 28.6 Å². The number of rotatable bonds is 4. The summed E-state index contributed by atoms with van der Waals surface area (Å²) in [5.74, 6) is 0.767. The summed E-state index contributed by atoms with van der Waals surface area (Å²) >= 11 is 11.0. The molecule has 2 rings (SSSR count). The van der Waals surface area contributed by atoms with Crippen LogP contribution < -0.4 is 20.9 Å². The molecule has 0 aliphatic heterocycles. The van der Waals surface area contributed by atoms with Gasteiger partial charge in [-0.05, 0) is 48.6 Å². The smallest absolute Gasteiger partial charge is 0.189 e. The molecule has 2 aromatic carbocycles. The zero-order valence-corrected chi connectivity index (χ0v) is 12.4. The maximum atomic E-state index is 5.81. The summed E-state index contributed by atoms with van der Waals surface area (Å²) in [4.78, 5) is 0. The van der Waals surface area contributed by atoms with Crippen molar-refractivity contribution in [1.82, 2.24) is 5.43 Å². The molecule has 0 bridgehead atoms. The van der Waals surface area contributed by atoms with Crippen molar-refractivity contribution in [2.75, 3.05) is 17.9 Å². The van der Waals surface area contributed by atoms with Gasteiger partial charge in [0.15, 0.2) is 5.11 Å². The summed E-state index contributed by atoms with van der Waals surface area (Å²) in [6.45, 7) is 0. The van der Waals surface area contributed by atoms with Gasteiger partial charge in [-0.15, -0.1) is 0 Å². The summed E-state index contributed by atoms with van der Waals surface area (Å²) in [7, 11) is 1.62. The van der Waals surface area contributed by atoms with Gasteiger partial charge in [-0.25, -0.2) is 0 Å². The molecule has 0 atom stereocenters.